The minimum Gasteiger partial charge on any atom is -0.493 e. The second kappa shape index (κ2) is 7.26. The van der Waals surface area contributed by atoms with E-state index in [1.807, 2.05) is 31.2 Å². The summed E-state index contributed by atoms with van der Waals surface area (Å²) < 4.78 is 45.3. The molecule has 0 radical (unpaired) electrons. The van der Waals surface area contributed by atoms with E-state index in [2.05, 4.69) is 4.74 Å². The van der Waals surface area contributed by atoms with Gasteiger partial charge in [0.25, 0.3) is 0 Å². The number of aryl methyl sites for hydroxylation is 1. The molecule has 0 amide bonds. The molecule has 0 atom stereocenters. The molecular weight excluding hydrogens is 245 g/mol. The molecule has 0 unspecified atom stereocenters. The first-order chi connectivity index (χ1) is 8.53. The van der Waals surface area contributed by atoms with Gasteiger partial charge in [0.2, 0.25) is 0 Å². The van der Waals surface area contributed by atoms with Crippen LogP contribution < -0.4 is 4.74 Å². The highest BCUT2D eigenvalue weighted by molar-refractivity contribution is 5.33. The summed E-state index contributed by atoms with van der Waals surface area (Å²) >= 11 is 0. The highest BCUT2D eigenvalue weighted by Gasteiger charge is 2.27. The highest BCUT2D eigenvalue weighted by Crippen LogP contribution is 2.18. The van der Waals surface area contributed by atoms with Crippen LogP contribution in [0.4, 0.5) is 13.2 Å². The lowest BCUT2D eigenvalue weighted by Crippen LogP contribution is -2.18. The van der Waals surface area contributed by atoms with Crippen LogP contribution in [-0.4, -0.2) is 26.0 Å². The third-order valence-corrected chi connectivity index (χ3v) is 2.31. The maximum Gasteiger partial charge on any atom is 0.411 e. The second-order valence-corrected chi connectivity index (χ2v) is 3.83. The number of ether oxygens (including phenoxy) is 2. The molecule has 2 nitrogen and oxygen atoms in total. The van der Waals surface area contributed by atoms with Crippen molar-refractivity contribution in [3.05, 3.63) is 29.8 Å². The van der Waals surface area contributed by atoms with Crippen molar-refractivity contribution in [2.45, 2.75) is 25.9 Å². The van der Waals surface area contributed by atoms with E-state index < -0.39 is 12.8 Å². The van der Waals surface area contributed by atoms with Crippen LogP contribution in [-0.2, 0) is 11.2 Å². The maximum absolute atomic E-state index is 11.8. The SMILES string of the molecule is CCc1ccccc1OCCCOCC(F)(F)F. The van der Waals surface area contributed by atoms with Crippen molar-refractivity contribution in [2.75, 3.05) is 19.8 Å². The van der Waals surface area contributed by atoms with E-state index in [-0.39, 0.29) is 6.61 Å². The van der Waals surface area contributed by atoms with E-state index in [0.29, 0.717) is 13.0 Å². The fourth-order valence-electron chi connectivity index (χ4n) is 1.47. The second-order valence-electron chi connectivity index (χ2n) is 3.83. The molecule has 5 heteroatoms. The van der Waals surface area contributed by atoms with Crippen LogP contribution in [0.3, 0.4) is 0 Å². The Labute approximate surface area is 105 Å². The molecule has 0 spiro atoms. The monoisotopic (exact) mass is 262 g/mol. The fourth-order valence-corrected chi connectivity index (χ4v) is 1.47. The summed E-state index contributed by atoms with van der Waals surface area (Å²) in [7, 11) is 0. The van der Waals surface area contributed by atoms with Gasteiger partial charge < -0.3 is 9.47 Å². The van der Waals surface area contributed by atoms with Gasteiger partial charge >= 0.3 is 6.18 Å². The van der Waals surface area contributed by atoms with Gasteiger partial charge in [0, 0.05) is 6.42 Å². The first-order valence-corrected chi connectivity index (χ1v) is 5.88. The Bertz CT molecular complexity index is 350. The summed E-state index contributed by atoms with van der Waals surface area (Å²) in [5.74, 6) is 0.788. The normalized spacial score (nSPS) is 11.6. The average molecular weight is 262 g/mol. The molecule has 18 heavy (non-hydrogen) atoms. The van der Waals surface area contributed by atoms with Crippen LogP contribution in [0.1, 0.15) is 18.9 Å². The predicted octanol–water partition coefficient (Wildman–Crippen LogP) is 3.60. The lowest BCUT2D eigenvalue weighted by atomic mass is 10.1. The van der Waals surface area contributed by atoms with Gasteiger partial charge in [0.05, 0.1) is 13.2 Å². The number of rotatable bonds is 7. The number of para-hydroxylation sites is 1. The number of alkyl halides is 3. The molecule has 0 fully saturated rings. The fraction of sp³-hybridized carbons (Fsp3) is 0.538. The van der Waals surface area contributed by atoms with Gasteiger partial charge in [0.1, 0.15) is 12.4 Å². The van der Waals surface area contributed by atoms with Gasteiger partial charge in [-0.15, -0.1) is 0 Å². The Kier molecular flexibility index (Phi) is 5.98. The van der Waals surface area contributed by atoms with E-state index in [0.717, 1.165) is 17.7 Å². The van der Waals surface area contributed by atoms with E-state index in [9.17, 15) is 13.2 Å². The molecule has 1 aromatic carbocycles. The maximum atomic E-state index is 11.8. The third-order valence-electron chi connectivity index (χ3n) is 2.31. The molecule has 0 aromatic heterocycles. The minimum atomic E-state index is -4.25. The van der Waals surface area contributed by atoms with Crippen molar-refractivity contribution in [2.24, 2.45) is 0 Å². The average Bonchev–Trinajstić information content (AvgIpc) is 2.32. The molecule has 0 N–H and O–H groups in total. The molecule has 0 aliphatic rings. The Morgan fingerprint density at radius 3 is 2.50 bits per heavy atom. The van der Waals surface area contributed by atoms with Crippen molar-refractivity contribution in [3.63, 3.8) is 0 Å². The zero-order valence-corrected chi connectivity index (χ0v) is 10.3. The van der Waals surface area contributed by atoms with Crippen LogP contribution in [0.2, 0.25) is 0 Å². The molecule has 0 heterocycles. The van der Waals surface area contributed by atoms with Crippen LogP contribution >= 0.6 is 0 Å². The van der Waals surface area contributed by atoms with E-state index in [1.165, 1.54) is 0 Å². The predicted molar refractivity (Wildman–Crippen MR) is 62.8 cm³/mol. The van der Waals surface area contributed by atoms with Gasteiger partial charge in [0.15, 0.2) is 0 Å². The molecule has 0 saturated carbocycles. The summed E-state index contributed by atoms with van der Waals surface area (Å²) in [6, 6.07) is 7.62. The van der Waals surface area contributed by atoms with Crippen molar-refractivity contribution in [1.29, 1.82) is 0 Å². The first-order valence-electron chi connectivity index (χ1n) is 5.88. The summed E-state index contributed by atoms with van der Waals surface area (Å²) in [4.78, 5) is 0. The van der Waals surface area contributed by atoms with Gasteiger partial charge in [-0.3, -0.25) is 0 Å². The van der Waals surface area contributed by atoms with Gasteiger partial charge in [-0.2, -0.15) is 13.2 Å². The quantitative estimate of drug-likeness (QED) is 0.699. The number of halogens is 3. The number of hydrogen-bond donors (Lipinski definition) is 0. The summed E-state index contributed by atoms with van der Waals surface area (Å²) in [5, 5.41) is 0. The van der Waals surface area contributed by atoms with Gasteiger partial charge in [-0.1, -0.05) is 25.1 Å². The van der Waals surface area contributed by atoms with E-state index in [4.69, 9.17) is 4.74 Å². The van der Waals surface area contributed by atoms with Crippen LogP contribution in [0, 0.1) is 0 Å². The highest BCUT2D eigenvalue weighted by atomic mass is 19.4. The van der Waals surface area contributed by atoms with Crippen molar-refractivity contribution >= 4 is 0 Å². The van der Waals surface area contributed by atoms with E-state index in [1.54, 1.807) is 0 Å². The van der Waals surface area contributed by atoms with E-state index >= 15 is 0 Å². The molecule has 0 aliphatic heterocycles. The largest absolute Gasteiger partial charge is 0.493 e. The molecule has 0 aliphatic carbocycles. The molecule has 1 aromatic rings. The summed E-state index contributed by atoms with van der Waals surface area (Å²) in [6.07, 6.45) is -2.95. The Balaban J connectivity index is 2.18. The zero-order valence-electron chi connectivity index (χ0n) is 10.3. The lowest BCUT2D eigenvalue weighted by molar-refractivity contribution is -0.174. The third kappa shape index (κ3) is 5.91. The lowest BCUT2D eigenvalue weighted by Gasteiger charge is -2.11. The van der Waals surface area contributed by atoms with Crippen LogP contribution in [0.5, 0.6) is 5.75 Å². The molecule has 0 bridgehead atoms. The molecule has 0 saturated heterocycles. The van der Waals surface area contributed by atoms with Crippen molar-refractivity contribution in [3.8, 4) is 5.75 Å². The number of benzene rings is 1. The van der Waals surface area contributed by atoms with Crippen LogP contribution in [0.15, 0.2) is 24.3 Å². The molecule has 1 rings (SSSR count). The first kappa shape index (κ1) is 14.8. The smallest absolute Gasteiger partial charge is 0.411 e. The molecule has 102 valence electrons. The summed E-state index contributed by atoms with van der Waals surface area (Å²) in [6.45, 7) is 1.23. The Morgan fingerprint density at radius 2 is 1.83 bits per heavy atom. The Hall–Kier alpha value is -1.23. The molecular formula is C13H17F3O2. The zero-order chi connectivity index (χ0) is 13.4. The standard InChI is InChI=1S/C13H17F3O2/c1-2-11-6-3-4-7-12(11)18-9-5-8-17-10-13(14,15)16/h3-4,6-7H,2,5,8-10H2,1H3. The van der Waals surface area contributed by atoms with Crippen molar-refractivity contribution < 1.29 is 22.6 Å². The van der Waals surface area contributed by atoms with Gasteiger partial charge in [-0.25, -0.2) is 0 Å². The number of hydrogen-bond acceptors (Lipinski definition) is 2. The topological polar surface area (TPSA) is 18.5 Å². The summed E-state index contributed by atoms with van der Waals surface area (Å²) in [5.41, 5.74) is 1.09. The van der Waals surface area contributed by atoms with Gasteiger partial charge in [-0.05, 0) is 18.1 Å². The Morgan fingerprint density at radius 1 is 1.11 bits per heavy atom. The van der Waals surface area contributed by atoms with Crippen LogP contribution in [0.25, 0.3) is 0 Å². The minimum absolute atomic E-state index is 0.0494. The van der Waals surface area contributed by atoms with Crippen molar-refractivity contribution in [1.82, 2.24) is 0 Å².